The number of anilines is 1. The van der Waals surface area contributed by atoms with Crippen LogP contribution in [0.2, 0.25) is 0 Å². The number of aromatic nitrogens is 2. The molecule has 0 amide bonds. The normalized spacial score (nSPS) is 17.3. The second-order valence-electron chi connectivity index (χ2n) is 4.75. The summed E-state index contributed by atoms with van der Waals surface area (Å²) < 4.78 is 2.18. The molecule has 0 aliphatic heterocycles. The summed E-state index contributed by atoms with van der Waals surface area (Å²) in [6, 6.07) is 4.16. The first-order chi connectivity index (χ1) is 7.77. The Balaban J connectivity index is 2.22. The quantitative estimate of drug-likeness (QED) is 0.794. The van der Waals surface area contributed by atoms with Crippen molar-refractivity contribution in [3.8, 4) is 0 Å². The van der Waals surface area contributed by atoms with Gasteiger partial charge in [0.1, 0.15) is 11.6 Å². The Bertz CT molecular complexity index is 521. The van der Waals surface area contributed by atoms with Crippen LogP contribution in [0.5, 0.6) is 0 Å². The molecule has 0 bridgehead atoms. The highest BCUT2D eigenvalue weighted by Gasteiger charge is 2.22. The third-order valence-corrected chi connectivity index (χ3v) is 3.64. The number of nitrogen functional groups attached to an aromatic ring is 1. The lowest BCUT2D eigenvalue weighted by atomic mass is 10.1. The van der Waals surface area contributed by atoms with Gasteiger partial charge < -0.3 is 10.1 Å². The molecule has 2 heterocycles. The van der Waals surface area contributed by atoms with E-state index in [1.807, 2.05) is 0 Å². The molecule has 84 valence electrons. The van der Waals surface area contributed by atoms with E-state index in [1.54, 1.807) is 0 Å². The lowest BCUT2D eigenvalue weighted by molar-refractivity contribution is 0.665. The van der Waals surface area contributed by atoms with Gasteiger partial charge in [0, 0.05) is 12.1 Å². The summed E-state index contributed by atoms with van der Waals surface area (Å²) in [5.41, 5.74) is 8.31. The van der Waals surface area contributed by atoms with Crippen LogP contribution in [-0.4, -0.2) is 9.38 Å². The number of rotatable bonds is 1. The van der Waals surface area contributed by atoms with Crippen molar-refractivity contribution in [1.82, 2.24) is 9.38 Å². The minimum atomic E-state index is 0.603. The van der Waals surface area contributed by atoms with Crippen molar-refractivity contribution in [2.75, 3.05) is 5.73 Å². The maximum atomic E-state index is 6.01. The minimum Gasteiger partial charge on any atom is -0.382 e. The molecule has 0 unspecified atom stereocenters. The first-order valence-corrected chi connectivity index (χ1v) is 6.00. The van der Waals surface area contributed by atoms with Gasteiger partial charge in [-0.1, -0.05) is 18.9 Å². The SMILES string of the molecule is Cc1cccn2c(C3CCCC3)nc(N)c12. The first kappa shape index (κ1) is 9.70. The summed E-state index contributed by atoms with van der Waals surface area (Å²) in [4.78, 5) is 4.57. The van der Waals surface area contributed by atoms with Crippen molar-refractivity contribution in [3.05, 3.63) is 29.7 Å². The smallest absolute Gasteiger partial charge is 0.150 e. The van der Waals surface area contributed by atoms with E-state index < -0.39 is 0 Å². The fourth-order valence-electron chi connectivity index (χ4n) is 2.84. The maximum Gasteiger partial charge on any atom is 0.150 e. The van der Waals surface area contributed by atoms with Crippen LogP contribution in [0.25, 0.3) is 5.52 Å². The Morgan fingerprint density at radius 3 is 2.88 bits per heavy atom. The highest BCUT2D eigenvalue weighted by atomic mass is 15.1. The lowest BCUT2D eigenvalue weighted by Gasteiger charge is -2.07. The molecule has 2 N–H and O–H groups in total. The molecule has 0 saturated heterocycles. The average Bonchev–Trinajstić information content (AvgIpc) is 2.86. The Morgan fingerprint density at radius 1 is 1.38 bits per heavy atom. The summed E-state index contributed by atoms with van der Waals surface area (Å²) in [5.74, 6) is 2.44. The van der Waals surface area contributed by atoms with Crippen molar-refractivity contribution < 1.29 is 0 Å². The van der Waals surface area contributed by atoms with Crippen LogP contribution in [0, 0.1) is 6.92 Å². The van der Waals surface area contributed by atoms with E-state index in [1.165, 1.54) is 31.2 Å². The number of aryl methyl sites for hydroxylation is 1. The Labute approximate surface area is 95.3 Å². The summed E-state index contributed by atoms with van der Waals surface area (Å²) in [6.45, 7) is 2.09. The molecule has 3 rings (SSSR count). The molecular weight excluding hydrogens is 198 g/mol. The van der Waals surface area contributed by atoms with E-state index in [0.29, 0.717) is 11.7 Å². The Morgan fingerprint density at radius 2 is 2.12 bits per heavy atom. The number of fused-ring (bicyclic) bond motifs is 1. The topological polar surface area (TPSA) is 43.3 Å². The van der Waals surface area contributed by atoms with Gasteiger partial charge >= 0.3 is 0 Å². The molecule has 2 aromatic rings. The van der Waals surface area contributed by atoms with Crippen LogP contribution < -0.4 is 5.73 Å². The van der Waals surface area contributed by atoms with E-state index >= 15 is 0 Å². The van der Waals surface area contributed by atoms with Crippen LogP contribution in [0.4, 0.5) is 5.82 Å². The number of hydrogen-bond acceptors (Lipinski definition) is 2. The molecule has 1 aliphatic carbocycles. The fourth-order valence-corrected chi connectivity index (χ4v) is 2.84. The minimum absolute atomic E-state index is 0.603. The number of nitrogens with two attached hydrogens (primary N) is 1. The van der Waals surface area contributed by atoms with Crippen molar-refractivity contribution in [1.29, 1.82) is 0 Å². The van der Waals surface area contributed by atoms with Crippen molar-refractivity contribution in [2.45, 2.75) is 38.5 Å². The van der Waals surface area contributed by atoms with Gasteiger partial charge in [0.15, 0.2) is 0 Å². The second kappa shape index (κ2) is 3.51. The molecule has 1 aliphatic rings. The van der Waals surface area contributed by atoms with E-state index in [-0.39, 0.29) is 0 Å². The maximum absolute atomic E-state index is 6.01. The molecule has 3 heteroatoms. The molecule has 0 atom stereocenters. The average molecular weight is 215 g/mol. The van der Waals surface area contributed by atoms with Crippen molar-refractivity contribution in [3.63, 3.8) is 0 Å². The largest absolute Gasteiger partial charge is 0.382 e. The molecule has 0 aromatic carbocycles. The van der Waals surface area contributed by atoms with Crippen LogP contribution in [0.3, 0.4) is 0 Å². The van der Waals surface area contributed by atoms with E-state index in [2.05, 4.69) is 34.6 Å². The van der Waals surface area contributed by atoms with E-state index in [0.717, 1.165) is 11.3 Å². The summed E-state index contributed by atoms with van der Waals surface area (Å²) in [7, 11) is 0. The molecule has 2 aromatic heterocycles. The summed E-state index contributed by atoms with van der Waals surface area (Å²) in [6.07, 6.45) is 7.24. The third-order valence-electron chi connectivity index (χ3n) is 3.64. The van der Waals surface area contributed by atoms with Crippen molar-refractivity contribution >= 4 is 11.3 Å². The molecular formula is C13H17N3. The van der Waals surface area contributed by atoms with Gasteiger partial charge in [0.2, 0.25) is 0 Å². The molecule has 1 fully saturated rings. The number of pyridine rings is 1. The number of nitrogens with zero attached hydrogens (tertiary/aromatic N) is 2. The van der Waals surface area contributed by atoms with Crippen LogP contribution >= 0.6 is 0 Å². The highest BCUT2D eigenvalue weighted by Crippen LogP contribution is 2.35. The van der Waals surface area contributed by atoms with E-state index in [4.69, 9.17) is 5.73 Å². The first-order valence-electron chi connectivity index (χ1n) is 6.00. The fraction of sp³-hybridized carbons (Fsp3) is 0.462. The predicted molar refractivity (Wildman–Crippen MR) is 65.6 cm³/mol. The van der Waals surface area contributed by atoms with Gasteiger partial charge in [-0.05, 0) is 31.4 Å². The third kappa shape index (κ3) is 1.31. The monoisotopic (exact) mass is 215 g/mol. The lowest BCUT2D eigenvalue weighted by Crippen LogP contribution is -2.00. The molecule has 3 nitrogen and oxygen atoms in total. The molecule has 16 heavy (non-hydrogen) atoms. The van der Waals surface area contributed by atoms with Gasteiger partial charge in [-0.15, -0.1) is 0 Å². The van der Waals surface area contributed by atoms with Crippen LogP contribution in [0.1, 0.15) is 43.0 Å². The van der Waals surface area contributed by atoms with E-state index in [9.17, 15) is 0 Å². The van der Waals surface area contributed by atoms with Crippen LogP contribution in [0.15, 0.2) is 18.3 Å². The van der Waals surface area contributed by atoms with Gasteiger partial charge in [0.25, 0.3) is 0 Å². The number of imidazole rings is 1. The van der Waals surface area contributed by atoms with Gasteiger partial charge in [-0.2, -0.15) is 0 Å². The summed E-state index contributed by atoms with van der Waals surface area (Å²) >= 11 is 0. The zero-order valence-corrected chi connectivity index (χ0v) is 9.61. The van der Waals surface area contributed by atoms with Crippen LogP contribution in [-0.2, 0) is 0 Å². The van der Waals surface area contributed by atoms with Gasteiger partial charge in [-0.3, -0.25) is 0 Å². The second-order valence-corrected chi connectivity index (χ2v) is 4.75. The zero-order chi connectivity index (χ0) is 11.1. The highest BCUT2D eigenvalue weighted by molar-refractivity contribution is 5.71. The van der Waals surface area contributed by atoms with Gasteiger partial charge in [0.05, 0.1) is 5.52 Å². The summed E-state index contributed by atoms with van der Waals surface area (Å²) in [5, 5.41) is 0. The zero-order valence-electron chi connectivity index (χ0n) is 9.61. The standard InChI is InChI=1S/C13H17N3/c1-9-5-4-8-16-11(9)12(14)15-13(16)10-6-2-3-7-10/h4-5,8,10H,2-3,6-7,14H2,1H3. The predicted octanol–water partition coefficient (Wildman–Crippen LogP) is 2.88. The molecule has 0 radical (unpaired) electrons. The molecule has 1 saturated carbocycles. The molecule has 0 spiro atoms. The Kier molecular flexibility index (Phi) is 2.13. The number of hydrogen-bond donors (Lipinski definition) is 1. The Hall–Kier alpha value is -1.51. The van der Waals surface area contributed by atoms with Crippen molar-refractivity contribution in [2.24, 2.45) is 0 Å². The van der Waals surface area contributed by atoms with Gasteiger partial charge in [-0.25, -0.2) is 4.98 Å².